The van der Waals surface area contributed by atoms with Gasteiger partial charge in [-0.3, -0.25) is 9.47 Å². The Labute approximate surface area is 462 Å². The smallest absolute Gasteiger partial charge is 0.184 e. The van der Waals surface area contributed by atoms with E-state index >= 15 is 0 Å². The van der Waals surface area contributed by atoms with Gasteiger partial charge < -0.3 is 4.57 Å². The Morgan fingerprint density at radius 3 is 1.62 bits per heavy atom. The molecule has 0 aliphatic carbocycles. The number of hydrogen-bond acceptors (Lipinski definition) is 3. The van der Waals surface area contributed by atoms with Crippen LogP contribution in [0.25, 0.3) is 110 Å². The highest BCUT2D eigenvalue weighted by molar-refractivity contribution is 7.21. The fraction of sp³-hybridized carbons (Fsp3) is 0. The molecule has 0 saturated carbocycles. The molecule has 0 bridgehead atoms. The van der Waals surface area contributed by atoms with Crippen molar-refractivity contribution in [2.45, 2.75) is 0 Å². The summed E-state index contributed by atoms with van der Waals surface area (Å²) in [7, 11) is -2.97. The highest BCUT2D eigenvalue weighted by Gasteiger charge is 2.49. The first-order chi connectivity index (χ1) is 39.7. The van der Waals surface area contributed by atoms with E-state index in [2.05, 4.69) is 299 Å². The minimum absolute atomic E-state index is 0.904. The van der Waals surface area contributed by atoms with Gasteiger partial charge in [0.1, 0.15) is 11.6 Å². The van der Waals surface area contributed by atoms with Crippen molar-refractivity contribution in [3.05, 3.63) is 285 Å². The van der Waals surface area contributed by atoms with Gasteiger partial charge >= 0.3 is 0 Å². The number of benzene rings is 12. The zero-order valence-corrected chi connectivity index (χ0v) is 44.4. The van der Waals surface area contributed by atoms with E-state index in [0.717, 1.165) is 55.8 Å². The summed E-state index contributed by atoms with van der Waals surface area (Å²) in [6, 6.07) is 105. The van der Waals surface area contributed by atoms with Crippen molar-refractivity contribution in [2.24, 2.45) is 0 Å². The van der Waals surface area contributed by atoms with E-state index in [1.807, 2.05) is 0 Å². The summed E-state index contributed by atoms with van der Waals surface area (Å²) in [6.07, 6.45) is 0. The molecule has 0 fully saturated rings. The van der Waals surface area contributed by atoms with Crippen LogP contribution >= 0.6 is 0 Å². The predicted octanol–water partition coefficient (Wildman–Crippen LogP) is 16.1. The van der Waals surface area contributed by atoms with Crippen LogP contribution in [0.4, 0.5) is 17.2 Å². The van der Waals surface area contributed by atoms with Gasteiger partial charge in [0.25, 0.3) is 0 Å². The second-order valence-electron chi connectivity index (χ2n) is 21.3. The van der Waals surface area contributed by atoms with Gasteiger partial charge in [-0.25, -0.2) is 9.97 Å². The molecule has 372 valence electrons. The molecule has 0 amide bonds. The van der Waals surface area contributed by atoms with Crippen molar-refractivity contribution >= 4 is 133 Å². The number of anilines is 3. The average Bonchev–Trinajstić information content (AvgIpc) is 3.31. The molecular weight excluding hydrogens is 987 g/mol. The molecule has 4 aromatic heterocycles. The van der Waals surface area contributed by atoms with E-state index in [0.29, 0.717) is 0 Å². The monoisotopic (exact) mass is 1030 g/mol. The van der Waals surface area contributed by atoms with Crippen molar-refractivity contribution < 1.29 is 0 Å². The summed E-state index contributed by atoms with van der Waals surface area (Å²) in [4.78, 5) is 12.9. The number of para-hydroxylation sites is 5. The molecule has 80 heavy (non-hydrogen) atoms. The van der Waals surface area contributed by atoms with Gasteiger partial charge in [0.05, 0.1) is 33.1 Å². The number of rotatable bonds is 6. The first-order valence-electron chi connectivity index (χ1n) is 27.5. The number of hydrogen-bond donors (Lipinski definition) is 0. The van der Waals surface area contributed by atoms with E-state index < -0.39 is 8.07 Å². The average molecular weight is 1030 g/mol. The first kappa shape index (κ1) is 44.7. The van der Waals surface area contributed by atoms with Crippen LogP contribution in [-0.2, 0) is 0 Å². The molecule has 0 atom stereocenters. The Bertz CT molecular complexity index is 5180. The van der Waals surface area contributed by atoms with Gasteiger partial charge in [0.2, 0.25) is 0 Å². The summed E-state index contributed by atoms with van der Waals surface area (Å²) >= 11 is 0. The summed E-state index contributed by atoms with van der Waals surface area (Å²) in [5.41, 5.74) is 12.4. The Hall–Kier alpha value is -10.4. The molecule has 1 aliphatic rings. The first-order valence-corrected chi connectivity index (χ1v) is 29.5. The molecule has 16 aromatic rings. The lowest BCUT2D eigenvalue weighted by molar-refractivity contribution is 1.10. The van der Waals surface area contributed by atoms with Crippen LogP contribution in [0.1, 0.15) is 0 Å². The number of fused-ring (bicyclic) bond motifs is 13. The van der Waals surface area contributed by atoms with Gasteiger partial charge in [-0.2, -0.15) is 0 Å². The predicted molar refractivity (Wildman–Crippen MR) is 338 cm³/mol. The van der Waals surface area contributed by atoms with Crippen molar-refractivity contribution in [1.29, 1.82) is 0 Å². The Morgan fingerprint density at radius 1 is 0.287 bits per heavy atom. The van der Waals surface area contributed by atoms with Gasteiger partial charge in [0, 0.05) is 49.4 Å². The number of aromatic nitrogens is 4. The lowest BCUT2D eigenvalue weighted by Crippen LogP contribution is -2.77. The van der Waals surface area contributed by atoms with Crippen molar-refractivity contribution in [2.75, 3.05) is 4.90 Å². The molecule has 12 aromatic carbocycles. The zero-order valence-electron chi connectivity index (χ0n) is 43.4. The molecule has 0 spiro atoms. The molecule has 17 rings (SSSR count). The minimum atomic E-state index is -2.97. The highest BCUT2D eigenvalue weighted by Crippen LogP contribution is 2.43. The maximum absolute atomic E-state index is 5.37. The van der Waals surface area contributed by atoms with Gasteiger partial charge in [-0.05, 0) is 157 Å². The largest absolute Gasteiger partial charge is 0.309 e. The third kappa shape index (κ3) is 6.51. The fourth-order valence-electron chi connectivity index (χ4n) is 13.6. The summed E-state index contributed by atoms with van der Waals surface area (Å²) in [6.45, 7) is 0. The third-order valence-electron chi connectivity index (χ3n) is 17.1. The van der Waals surface area contributed by atoms with E-state index in [1.54, 1.807) is 0 Å². The molecule has 6 heteroatoms. The topological polar surface area (TPSA) is 38.9 Å². The van der Waals surface area contributed by atoms with E-state index in [9.17, 15) is 0 Å². The molecule has 1 aliphatic heterocycles. The maximum Gasteiger partial charge on any atom is 0.184 e. The molecule has 0 saturated heterocycles. The van der Waals surface area contributed by atoms with Gasteiger partial charge in [-0.1, -0.05) is 182 Å². The maximum atomic E-state index is 5.37. The van der Waals surface area contributed by atoms with Crippen molar-refractivity contribution in [1.82, 2.24) is 19.1 Å². The Morgan fingerprint density at radius 2 is 0.850 bits per heavy atom. The van der Waals surface area contributed by atoms with Crippen molar-refractivity contribution in [3.63, 3.8) is 0 Å². The fourth-order valence-corrected chi connectivity index (χ4v) is 18.7. The van der Waals surface area contributed by atoms with Crippen LogP contribution in [0.3, 0.4) is 0 Å². The lowest BCUT2D eigenvalue weighted by Gasteiger charge is -2.44. The van der Waals surface area contributed by atoms with E-state index in [-0.39, 0.29) is 0 Å². The minimum Gasteiger partial charge on any atom is -0.309 e. The van der Waals surface area contributed by atoms with Crippen molar-refractivity contribution in [3.8, 4) is 22.6 Å². The SMILES string of the molecule is c1ccc([Si]2(c3ccccc3)c3ccccc3N(c3ccc4ccccc4n3)c3ccc(-c4ccc5c(c4)c4ccccc4n5-c4ccc5cc6c(ccc7c6c6ccccc6n7-c6ccc7ccccc7n6)cc5c4)cc32)cc1. The van der Waals surface area contributed by atoms with Gasteiger partial charge in [0.15, 0.2) is 8.07 Å². The molecule has 5 nitrogen and oxygen atoms in total. The quantitative estimate of drug-likeness (QED) is 0.123. The van der Waals surface area contributed by atoms with Crippen LogP contribution in [0.5, 0.6) is 0 Å². The third-order valence-corrected chi connectivity index (χ3v) is 21.9. The van der Waals surface area contributed by atoms with E-state index in [1.165, 1.54) is 91.7 Å². The standard InChI is InChI=1S/C74H47N5Si/c1-3-19-56(20-4-1)80(57-21-5-2-6-22-57)70-30-16-15-29-67(70)79(73-42-36-49-18-8-12-26-63(49)76-73)68-39-33-52(47-71(68)80)50-32-38-66-61(46-50)58-23-9-13-27-64(58)77(66)55-37-31-51-45-60-53(43-54(51)44-55)34-40-69-74(60)59-24-10-14-28-65(59)78(69)72-41-35-48-17-7-11-25-62(48)75-72/h1-47H. The van der Waals surface area contributed by atoms with E-state index in [4.69, 9.17) is 9.97 Å². The van der Waals surface area contributed by atoms with Crippen LogP contribution < -0.4 is 25.6 Å². The molecular formula is C74H47N5Si. The molecule has 0 N–H and O–H groups in total. The number of nitrogens with zero attached hydrogens (tertiary/aromatic N) is 5. The summed E-state index contributed by atoms with van der Waals surface area (Å²) < 4.78 is 4.78. The van der Waals surface area contributed by atoms with Crippen LogP contribution in [-0.4, -0.2) is 27.2 Å². The zero-order chi connectivity index (χ0) is 52.5. The summed E-state index contributed by atoms with van der Waals surface area (Å²) in [5, 5.41) is 17.4. The molecule has 5 heterocycles. The van der Waals surface area contributed by atoms with Crippen LogP contribution in [0, 0.1) is 0 Å². The second kappa shape index (κ2) is 17.3. The van der Waals surface area contributed by atoms with Gasteiger partial charge in [-0.15, -0.1) is 0 Å². The normalized spacial score (nSPS) is 13.1. The highest BCUT2D eigenvalue weighted by atomic mass is 28.3. The Kier molecular flexibility index (Phi) is 9.67. The molecule has 0 unspecified atom stereocenters. The number of pyridine rings is 2. The second-order valence-corrected chi connectivity index (χ2v) is 25.0. The van der Waals surface area contributed by atoms with Crippen LogP contribution in [0.15, 0.2) is 285 Å². The lowest BCUT2D eigenvalue weighted by atomic mass is 9.99. The summed E-state index contributed by atoms with van der Waals surface area (Å²) in [5.74, 6) is 1.82. The molecule has 0 radical (unpaired) electrons. The van der Waals surface area contributed by atoms with Crippen LogP contribution in [0.2, 0.25) is 0 Å². The Balaban J connectivity index is 0.827.